The fourth-order valence-electron chi connectivity index (χ4n) is 4.30. The first kappa shape index (κ1) is 33.6. The number of hydrogen-bond acceptors (Lipinski definition) is 10. The van der Waals surface area contributed by atoms with Crippen LogP contribution in [-0.2, 0) is 23.7 Å². The van der Waals surface area contributed by atoms with E-state index in [4.69, 9.17) is 37.9 Å². The van der Waals surface area contributed by atoms with Crippen molar-refractivity contribution in [1.82, 2.24) is 0 Å². The van der Waals surface area contributed by atoms with Crippen LogP contribution in [0, 0.1) is 5.92 Å². The summed E-state index contributed by atoms with van der Waals surface area (Å²) in [5, 5.41) is 11.0. The lowest BCUT2D eigenvalue weighted by molar-refractivity contribution is -0.152. The number of methoxy groups -OCH3 is 4. The van der Waals surface area contributed by atoms with Crippen LogP contribution in [-0.4, -0.2) is 83.1 Å². The highest BCUT2D eigenvalue weighted by molar-refractivity contribution is 5.98. The van der Waals surface area contributed by atoms with Crippen LogP contribution in [0.4, 0.5) is 0 Å². The first-order valence-electron chi connectivity index (χ1n) is 13.5. The zero-order chi connectivity index (χ0) is 29.9. The molecule has 1 aromatic rings. The Labute approximate surface area is 238 Å². The highest BCUT2D eigenvalue weighted by Crippen LogP contribution is 2.41. The van der Waals surface area contributed by atoms with Crippen molar-refractivity contribution in [3.05, 3.63) is 35.4 Å². The monoisotopic (exact) mass is 566 g/mol. The zero-order valence-corrected chi connectivity index (χ0v) is 25.2. The molecule has 1 heterocycles. The van der Waals surface area contributed by atoms with Gasteiger partial charge in [0.25, 0.3) is 0 Å². The smallest absolute Gasteiger partial charge is 0.342 e. The number of carbonyl (C=O) groups excluding carboxylic acids is 1. The zero-order valence-electron chi connectivity index (χ0n) is 25.2. The number of aliphatic hydroxyl groups is 1. The minimum Gasteiger partial charge on any atom is -0.493 e. The molecule has 1 aliphatic rings. The van der Waals surface area contributed by atoms with Gasteiger partial charge < -0.3 is 43.0 Å². The van der Waals surface area contributed by atoms with Gasteiger partial charge in [0.1, 0.15) is 23.5 Å². The number of rotatable bonds is 16. The minimum absolute atomic E-state index is 0.00758. The van der Waals surface area contributed by atoms with Crippen molar-refractivity contribution in [3.8, 4) is 17.2 Å². The molecule has 1 saturated heterocycles. The minimum atomic E-state index is -0.897. The maximum atomic E-state index is 13.2. The highest BCUT2D eigenvalue weighted by Gasteiger charge is 2.43. The van der Waals surface area contributed by atoms with Crippen LogP contribution in [0.25, 0.3) is 6.08 Å². The highest BCUT2D eigenvalue weighted by atomic mass is 16.8. The van der Waals surface area contributed by atoms with Gasteiger partial charge in [-0.2, -0.15) is 0 Å². The molecule has 1 fully saturated rings. The number of hydrogen-bond donors (Lipinski definition) is 1. The van der Waals surface area contributed by atoms with E-state index in [1.165, 1.54) is 21.3 Å². The van der Waals surface area contributed by atoms with Crippen LogP contribution < -0.4 is 14.2 Å². The summed E-state index contributed by atoms with van der Waals surface area (Å²) in [6.07, 6.45) is 6.29. The van der Waals surface area contributed by atoms with Crippen LogP contribution in [0.1, 0.15) is 63.4 Å². The van der Waals surface area contributed by atoms with Crippen LogP contribution in [0.5, 0.6) is 17.2 Å². The molecule has 40 heavy (non-hydrogen) atoms. The predicted molar refractivity (Wildman–Crippen MR) is 151 cm³/mol. The van der Waals surface area contributed by atoms with Gasteiger partial charge in [0.05, 0.1) is 33.0 Å². The standard InChI is InChI=1S/C30H46O10/c1-10-16-37-29(32)26-21(27(36-9)25(35-8)17-24(26)38-18-33-6)12-11-13-23-28(40-30(4,5)39-23)22(31)15-14-19(2)20(3)34-7/h11-12,14-15,17,19-20,22-23,28,31H,10,13,16,18H2,1-9H3/b12-11+,15-14-/t19-,20+,22?,23+,28-/m1/s1. The van der Waals surface area contributed by atoms with Gasteiger partial charge in [-0.3, -0.25) is 0 Å². The predicted octanol–water partition coefficient (Wildman–Crippen LogP) is 4.76. The molecule has 1 N–H and O–H groups in total. The molecule has 2 rings (SSSR count). The summed E-state index contributed by atoms with van der Waals surface area (Å²) in [6.45, 7) is 9.68. The number of carbonyl (C=O) groups is 1. The second-order valence-corrected chi connectivity index (χ2v) is 10.0. The normalized spacial score (nSPS) is 20.9. The summed E-state index contributed by atoms with van der Waals surface area (Å²) >= 11 is 0. The second-order valence-electron chi connectivity index (χ2n) is 10.0. The average Bonchev–Trinajstić information content (AvgIpc) is 3.26. The van der Waals surface area contributed by atoms with Gasteiger partial charge in [0, 0.05) is 31.8 Å². The lowest BCUT2D eigenvalue weighted by atomic mass is 9.99. The fourth-order valence-corrected chi connectivity index (χ4v) is 4.30. The Morgan fingerprint density at radius 3 is 2.42 bits per heavy atom. The Bertz CT molecular complexity index is 1000. The first-order chi connectivity index (χ1) is 19.0. The first-order valence-corrected chi connectivity index (χ1v) is 13.5. The topological polar surface area (TPSA) is 111 Å². The third kappa shape index (κ3) is 8.94. The summed E-state index contributed by atoms with van der Waals surface area (Å²) in [5.74, 6) is -0.383. The van der Waals surface area contributed by atoms with Crippen LogP contribution >= 0.6 is 0 Å². The van der Waals surface area contributed by atoms with Gasteiger partial charge in [-0.25, -0.2) is 4.79 Å². The summed E-state index contributed by atoms with van der Waals surface area (Å²) in [5.41, 5.74) is 0.607. The molecule has 10 nitrogen and oxygen atoms in total. The lowest BCUT2D eigenvalue weighted by Gasteiger charge is -2.21. The van der Waals surface area contributed by atoms with Crippen LogP contribution in [0.2, 0.25) is 0 Å². The van der Waals surface area contributed by atoms with Gasteiger partial charge in [-0.05, 0) is 33.6 Å². The van der Waals surface area contributed by atoms with E-state index in [1.54, 1.807) is 25.3 Å². The maximum absolute atomic E-state index is 13.2. The van der Waals surface area contributed by atoms with E-state index in [2.05, 4.69) is 0 Å². The van der Waals surface area contributed by atoms with Crippen molar-refractivity contribution >= 4 is 12.0 Å². The van der Waals surface area contributed by atoms with Crippen LogP contribution in [0.3, 0.4) is 0 Å². The summed E-state index contributed by atoms with van der Waals surface area (Å²) in [7, 11) is 6.14. The van der Waals surface area contributed by atoms with Crippen molar-refractivity contribution in [2.45, 2.75) is 77.7 Å². The van der Waals surface area contributed by atoms with Crippen molar-refractivity contribution < 1.29 is 47.8 Å². The molecular formula is C30H46O10. The van der Waals surface area contributed by atoms with Gasteiger partial charge in [0.2, 0.25) is 0 Å². The number of esters is 1. The molecule has 1 aromatic carbocycles. The summed E-state index contributed by atoms with van der Waals surface area (Å²) < 4.78 is 44.9. The second kappa shape index (κ2) is 16.0. The van der Waals surface area contributed by atoms with Crippen molar-refractivity contribution in [3.63, 3.8) is 0 Å². The Kier molecular flexibility index (Phi) is 13.4. The van der Waals surface area contributed by atoms with Gasteiger partial charge in [-0.15, -0.1) is 0 Å². The largest absolute Gasteiger partial charge is 0.493 e. The van der Waals surface area contributed by atoms with Gasteiger partial charge >= 0.3 is 5.97 Å². The number of aliphatic hydroxyl groups excluding tert-OH is 1. The molecule has 0 spiro atoms. The van der Waals surface area contributed by atoms with Crippen molar-refractivity contribution in [1.29, 1.82) is 0 Å². The summed E-state index contributed by atoms with van der Waals surface area (Å²) in [4.78, 5) is 13.2. The van der Waals surface area contributed by atoms with E-state index in [-0.39, 0.29) is 36.7 Å². The molecule has 0 aromatic heterocycles. The van der Waals surface area contributed by atoms with E-state index in [0.29, 0.717) is 29.9 Å². The van der Waals surface area contributed by atoms with E-state index in [9.17, 15) is 9.90 Å². The number of benzene rings is 1. The fraction of sp³-hybridized carbons (Fsp3) is 0.633. The Morgan fingerprint density at radius 2 is 1.82 bits per heavy atom. The van der Waals surface area contributed by atoms with Gasteiger partial charge in [0.15, 0.2) is 24.1 Å². The molecule has 5 atom stereocenters. The Balaban J connectivity index is 2.42. The molecule has 0 saturated carbocycles. The molecule has 1 aliphatic heterocycles. The Hall–Kier alpha value is -2.63. The van der Waals surface area contributed by atoms with E-state index in [1.807, 2.05) is 46.8 Å². The molecule has 10 heteroatoms. The van der Waals surface area contributed by atoms with Crippen molar-refractivity contribution in [2.24, 2.45) is 5.92 Å². The lowest BCUT2D eigenvalue weighted by Crippen LogP contribution is -2.34. The number of ether oxygens (including phenoxy) is 8. The average molecular weight is 567 g/mol. The SMILES string of the molecule is CCCOC(=O)c1c(OCOC)cc(OC)c(OC)c1/C=C/C[C@@H]1OC(C)(C)O[C@@H]1C(O)/C=C\[C@@H](C)[C@H](C)OC. The Morgan fingerprint density at radius 1 is 1.10 bits per heavy atom. The van der Waals surface area contributed by atoms with Crippen molar-refractivity contribution in [2.75, 3.05) is 41.8 Å². The third-order valence-electron chi connectivity index (χ3n) is 6.58. The maximum Gasteiger partial charge on any atom is 0.342 e. The molecule has 0 amide bonds. The van der Waals surface area contributed by atoms with E-state index < -0.39 is 30.1 Å². The van der Waals surface area contributed by atoms with E-state index >= 15 is 0 Å². The molecule has 0 bridgehead atoms. The molecule has 1 unspecified atom stereocenters. The summed E-state index contributed by atoms with van der Waals surface area (Å²) in [6, 6.07) is 1.57. The van der Waals surface area contributed by atoms with E-state index in [0.717, 1.165) is 0 Å². The third-order valence-corrected chi connectivity index (χ3v) is 6.58. The van der Waals surface area contributed by atoms with Gasteiger partial charge in [-0.1, -0.05) is 38.2 Å². The molecule has 0 radical (unpaired) electrons. The molecule has 0 aliphatic carbocycles. The molecular weight excluding hydrogens is 520 g/mol. The van der Waals surface area contributed by atoms with Crippen LogP contribution in [0.15, 0.2) is 24.3 Å². The molecule has 226 valence electrons. The quantitative estimate of drug-likeness (QED) is 0.171.